The Morgan fingerprint density at radius 1 is 1.07 bits per heavy atom. The molecule has 3 amide bonds. The Kier molecular flexibility index (Phi) is 19.3. The van der Waals surface area contributed by atoms with Crippen molar-refractivity contribution in [2.24, 2.45) is 17.8 Å². The van der Waals surface area contributed by atoms with Gasteiger partial charge in [0, 0.05) is 31.9 Å². The molecule has 316 valence electrons. The van der Waals surface area contributed by atoms with Crippen LogP contribution in [0.25, 0.3) is 0 Å². The van der Waals surface area contributed by atoms with Crippen molar-refractivity contribution in [2.45, 2.75) is 110 Å². The van der Waals surface area contributed by atoms with E-state index >= 15 is 0 Å². The van der Waals surface area contributed by atoms with Gasteiger partial charge in [0.25, 0.3) is 5.91 Å². The number of phenols is 1. The molecule has 3 rings (SSSR count). The quantitative estimate of drug-likeness (QED) is 0.0935. The number of benzene rings is 1. The largest absolute Gasteiger partial charge is 0.508 e. The lowest BCUT2D eigenvalue weighted by Gasteiger charge is -2.36. The molecule has 1 aromatic rings. The summed E-state index contributed by atoms with van der Waals surface area (Å²) in [6.07, 6.45) is 12.7. The number of hydrazine groups is 1. The molecule has 0 spiro atoms. The van der Waals surface area contributed by atoms with E-state index in [9.17, 15) is 39.0 Å². The molecule has 2 bridgehead atoms. The highest BCUT2D eigenvalue weighted by Crippen LogP contribution is 2.24. The van der Waals surface area contributed by atoms with Gasteiger partial charge < -0.3 is 35.1 Å². The van der Waals surface area contributed by atoms with E-state index in [2.05, 4.69) is 22.6 Å². The number of aliphatic hydroxyl groups excluding tert-OH is 1. The van der Waals surface area contributed by atoms with Crippen molar-refractivity contribution in [3.63, 3.8) is 0 Å². The number of ketones is 1. The average Bonchev–Trinajstić information content (AvgIpc) is 3.18. The van der Waals surface area contributed by atoms with Crippen LogP contribution in [0.15, 0.2) is 85.0 Å². The molecular weight excluding hydrogens is 745 g/mol. The molecule has 1 fully saturated rings. The number of esters is 2. The van der Waals surface area contributed by atoms with Gasteiger partial charge in [-0.15, -0.1) is 0 Å². The van der Waals surface area contributed by atoms with Crippen LogP contribution in [-0.4, -0.2) is 94.2 Å². The number of hydrogen-bond donors (Lipinski definition) is 5. The smallest absolute Gasteiger partial charge is 0.331 e. The van der Waals surface area contributed by atoms with E-state index in [1.165, 1.54) is 42.3 Å². The summed E-state index contributed by atoms with van der Waals surface area (Å²) in [6.45, 7) is 12.2. The number of hydrogen-bond acceptors (Lipinski definition) is 11. The van der Waals surface area contributed by atoms with Crippen molar-refractivity contribution in [3.05, 3.63) is 90.6 Å². The molecule has 7 atom stereocenters. The number of carbonyl (C=O) groups is 6. The van der Waals surface area contributed by atoms with Gasteiger partial charge in [0.05, 0.1) is 12.0 Å². The van der Waals surface area contributed by atoms with Crippen LogP contribution in [0.1, 0.15) is 78.7 Å². The van der Waals surface area contributed by atoms with Crippen molar-refractivity contribution in [1.29, 1.82) is 0 Å². The lowest BCUT2D eigenvalue weighted by atomic mass is 9.85. The standard InChI is InChI=1S/C44H60N4O10/c1-7-25-57-38(51)21-12-16-29(4)37-20-11-9-8-10-15-30(5)40(52)34(23-22-31(6)49)41(53)46-39(28(2)3)42(54)45-36(27-32-17-13-18-33(50)26-32)43(55)48-24-14-19-35(47-48)44(56)58-37/h7-13,16-18,21,26,28,30,34-37,39-40,47,50,52H,1,14-15,19-20,22-25,27H2,2-6H3,(H,45,54)(H,46,53)/b10-8+,11-9+,21-12+,29-16+/t30-,34+,35?,36-,37-,39-,40+/m0/s1. The maximum Gasteiger partial charge on any atom is 0.331 e. The molecular formula is C44H60N4O10. The van der Waals surface area contributed by atoms with Crippen LogP contribution in [0.4, 0.5) is 0 Å². The van der Waals surface area contributed by atoms with Crippen LogP contribution >= 0.6 is 0 Å². The van der Waals surface area contributed by atoms with Gasteiger partial charge in [-0.1, -0.05) is 82.0 Å². The summed E-state index contributed by atoms with van der Waals surface area (Å²) in [6, 6.07) is 3.07. The number of cyclic esters (lactones) is 1. The second-order valence-corrected chi connectivity index (χ2v) is 15.2. The first-order chi connectivity index (χ1) is 27.6. The minimum absolute atomic E-state index is 0.0247. The summed E-state index contributed by atoms with van der Waals surface area (Å²) in [4.78, 5) is 79.9. The van der Waals surface area contributed by atoms with E-state index in [-0.39, 0.29) is 50.4 Å². The summed E-state index contributed by atoms with van der Waals surface area (Å²) >= 11 is 0. The molecule has 1 saturated heterocycles. The van der Waals surface area contributed by atoms with Crippen LogP contribution in [0.5, 0.6) is 5.75 Å². The number of Topliss-reactive ketones (excluding diaryl/α,β-unsaturated/α-hetero) is 1. The number of amides is 3. The average molecular weight is 805 g/mol. The Balaban J connectivity index is 2.04. The summed E-state index contributed by atoms with van der Waals surface area (Å²) < 4.78 is 11.0. The number of carbonyl (C=O) groups excluding carboxylic acids is 6. The molecule has 5 N–H and O–H groups in total. The summed E-state index contributed by atoms with van der Waals surface area (Å²) in [5.74, 6) is -4.98. The molecule has 1 aromatic carbocycles. The lowest BCUT2D eigenvalue weighted by Crippen LogP contribution is -2.62. The van der Waals surface area contributed by atoms with Gasteiger partial charge in [-0.3, -0.25) is 24.2 Å². The number of nitrogens with one attached hydrogen (secondary N) is 3. The Morgan fingerprint density at radius 3 is 2.47 bits per heavy atom. The topological polar surface area (TPSA) is 201 Å². The fourth-order valence-corrected chi connectivity index (χ4v) is 6.61. The van der Waals surface area contributed by atoms with E-state index in [0.29, 0.717) is 30.4 Å². The zero-order valence-corrected chi connectivity index (χ0v) is 34.2. The predicted octanol–water partition coefficient (Wildman–Crippen LogP) is 4.09. The number of aliphatic hydroxyl groups is 1. The summed E-state index contributed by atoms with van der Waals surface area (Å²) in [5.41, 5.74) is 4.18. The number of fused-ring (bicyclic) bond motifs is 2. The maximum atomic E-state index is 14.3. The molecule has 14 nitrogen and oxygen atoms in total. The van der Waals surface area contributed by atoms with Crippen molar-refractivity contribution in [1.82, 2.24) is 21.1 Å². The van der Waals surface area contributed by atoms with Gasteiger partial charge in [0.15, 0.2) is 0 Å². The van der Waals surface area contributed by atoms with Gasteiger partial charge >= 0.3 is 11.9 Å². The minimum atomic E-state index is -1.19. The Hall–Kier alpha value is -5.34. The molecule has 2 aliphatic heterocycles. The van der Waals surface area contributed by atoms with Crippen LogP contribution in [0, 0.1) is 17.8 Å². The van der Waals surface area contributed by atoms with Gasteiger partial charge in [-0.05, 0) is 74.6 Å². The molecule has 58 heavy (non-hydrogen) atoms. The monoisotopic (exact) mass is 804 g/mol. The number of nitrogens with zero attached hydrogens (tertiary/aromatic N) is 1. The van der Waals surface area contributed by atoms with Gasteiger partial charge in [0.2, 0.25) is 11.8 Å². The van der Waals surface area contributed by atoms with Gasteiger partial charge in [-0.25, -0.2) is 10.2 Å². The normalized spacial score (nSPS) is 27.1. The first-order valence-electron chi connectivity index (χ1n) is 19.9. The van der Waals surface area contributed by atoms with Gasteiger partial charge in [-0.2, -0.15) is 0 Å². The van der Waals surface area contributed by atoms with Crippen molar-refractivity contribution in [2.75, 3.05) is 13.2 Å². The lowest BCUT2D eigenvalue weighted by molar-refractivity contribution is -0.156. The fourth-order valence-electron chi connectivity index (χ4n) is 6.61. The molecule has 2 aliphatic rings. The Labute approximate surface area is 341 Å². The zero-order chi connectivity index (χ0) is 42.8. The number of ether oxygens (including phenoxy) is 2. The molecule has 0 saturated carbocycles. The SMILES string of the molecule is C=CCOC(=O)/C=C/C=C(\C)[C@@H]1C/C=C/C=C/C[C@H](C)[C@@H](O)[C@@H](CCC(C)=O)C(=O)N[C@@H](C(C)C)C(=O)N[C@@H](Cc2cccc(O)c2)C(=O)N2CCCC(N2)C(=O)O1. The molecule has 1 unspecified atom stereocenters. The highest BCUT2D eigenvalue weighted by atomic mass is 16.5. The van der Waals surface area contributed by atoms with Crippen molar-refractivity contribution >= 4 is 35.4 Å². The third-order valence-electron chi connectivity index (χ3n) is 10.0. The minimum Gasteiger partial charge on any atom is -0.508 e. The van der Waals surface area contributed by atoms with E-state index in [1.54, 1.807) is 58.1 Å². The highest BCUT2D eigenvalue weighted by Gasteiger charge is 2.37. The third kappa shape index (κ3) is 15.2. The fraction of sp³-hybridized carbons (Fsp3) is 0.500. The van der Waals surface area contributed by atoms with Crippen LogP contribution < -0.4 is 16.1 Å². The predicted molar refractivity (Wildman–Crippen MR) is 218 cm³/mol. The molecule has 0 radical (unpaired) electrons. The number of rotatable bonds is 11. The molecule has 14 heteroatoms. The van der Waals surface area contributed by atoms with E-state index < -0.39 is 77.7 Å². The number of allylic oxidation sites excluding steroid dienone is 5. The van der Waals surface area contributed by atoms with Crippen molar-refractivity contribution in [3.8, 4) is 5.75 Å². The molecule has 0 aromatic heterocycles. The first-order valence-corrected chi connectivity index (χ1v) is 19.9. The van der Waals surface area contributed by atoms with Gasteiger partial charge in [0.1, 0.15) is 42.4 Å². The maximum absolute atomic E-state index is 14.3. The number of aromatic hydroxyl groups is 1. The molecule has 2 heterocycles. The Morgan fingerprint density at radius 2 is 1.79 bits per heavy atom. The second kappa shape index (κ2) is 23.8. The zero-order valence-electron chi connectivity index (χ0n) is 34.2. The summed E-state index contributed by atoms with van der Waals surface area (Å²) in [7, 11) is 0. The van der Waals surface area contributed by atoms with E-state index in [0.717, 1.165) is 0 Å². The summed E-state index contributed by atoms with van der Waals surface area (Å²) in [5, 5.41) is 28.5. The Bertz CT molecular complexity index is 1730. The van der Waals surface area contributed by atoms with Crippen LogP contribution in [0.2, 0.25) is 0 Å². The van der Waals surface area contributed by atoms with Crippen LogP contribution in [0.3, 0.4) is 0 Å². The third-order valence-corrected chi connectivity index (χ3v) is 10.0. The highest BCUT2D eigenvalue weighted by molar-refractivity contribution is 5.93. The second-order valence-electron chi connectivity index (χ2n) is 15.2. The number of phenolic OH excluding ortho intramolecular Hbond substituents is 1. The van der Waals surface area contributed by atoms with E-state index in [4.69, 9.17) is 9.47 Å². The van der Waals surface area contributed by atoms with Crippen LogP contribution in [-0.2, 0) is 44.7 Å². The van der Waals surface area contributed by atoms with Crippen molar-refractivity contribution < 1.29 is 48.5 Å². The molecule has 0 aliphatic carbocycles. The van der Waals surface area contributed by atoms with E-state index in [1.807, 2.05) is 12.2 Å². The first kappa shape index (κ1) is 47.0.